The predicted octanol–water partition coefficient (Wildman–Crippen LogP) is 2.09. The van der Waals surface area contributed by atoms with Crippen LogP contribution in [0.25, 0.3) is 0 Å². The maximum absolute atomic E-state index is 7.50. The van der Waals surface area contributed by atoms with Crippen LogP contribution in [0.4, 0.5) is 0 Å². The summed E-state index contributed by atoms with van der Waals surface area (Å²) in [4.78, 5) is 0. The van der Waals surface area contributed by atoms with Crippen LogP contribution in [0.1, 0.15) is 32.6 Å². The SMILES string of the molecule is CCO[C](=[Cr])C#CC1=CCCCC1.[C-]#[O+].[C-]#[O+].[C-]#[O+]. The summed E-state index contributed by atoms with van der Waals surface area (Å²) in [5.41, 5.74) is 1.26. The molecule has 100 valence electrons. The van der Waals surface area contributed by atoms with Crippen LogP contribution < -0.4 is 0 Å². The number of hydrogen-bond donors (Lipinski definition) is 0. The molecule has 1 aliphatic carbocycles. The molecule has 1 aliphatic rings. The first-order valence-corrected chi connectivity index (χ1v) is 5.95. The van der Waals surface area contributed by atoms with E-state index in [2.05, 4.69) is 53.7 Å². The topological polar surface area (TPSA) is 68.9 Å². The van der Waals surface area contributed by atoms with Crippen LogP contribution in [0, 0.1) is 31.8 Å². The summed E-state index contributed by atoms with van der Waals surface area (Å²) in [5, 5.41) is 0. The van der Waals surface area contributed by atoms with Crippen LogP contribution in [0.5, 0.6) is 0 Å². The van der Waals surface area contributed by atoms with Gasteiger partial charge >= 0.3 is 122 Å². The Morgan fingerprint density at radius 3 is 2.26 bits per heavy atom. The molecule has 0 fully saturated rings. The number of hydrogen-bond acceptors (Lipinski definition) is 1. The molecule has 0 aromatic carbocycles. The second-order valence-corrected chi connectivity index (χ2v) is 3.52. The van der Waals surface area contributed by atoms with E-state index < -0.39 is 0 Å². The van der Waals surface area contributed by atoms with Gasteiger partial charge in [-0.15, -0.1) is 0 Å². The molecule has 0 aromatic rings. The minimum atomic E-state index is 0.677. The first-order valence-electron chi connectivity index (χ1n) is 5.32. The average Bonchev–Trinajstić information content (AvgIpc) is 2.53. The van der Waals surface area contributed by atoms with Gasteiger partial charge in [0.15, 0.2) is 0 Å². The third-order valence-corrected chi connectivity index (χ3v) is 2.23. The molecule has 0 bridgehead atoms. The molecule has 4 nitrogen and oxygen atoms in total. The van der Waals surface area contributed by atoms with E-state index in [-0.39, 0.29) is 0 Å². The molecule has 0 radical (unpaired) electrons. The van der Waals surface area contributed by atoms with Crippen molar-refractivity contribution in [3.8, 4) is 11.8 Å². The summed E-state index contributed by atoms with van der Waals surface area (Å²) in [6.45, 7) is 16.1. The van der Waals surface area contributed by atoms with Gasteiger partial charge in [-0.2, -0.15) is 0 Å². The van der Waals surface area contributed by atoms with Crippen molar-refractivity contribution >= 4 is 4.57 Å². The third kappa shape index (κ3) is 16.9. The van der Waals surface area contributed by atoms with E-state index in [1.807, 2.05) is 6.92 Å². The Kier molecular flexibility index (Phi) is 26.8. The van der Waals surface area contributed by atoms with E-state index >= 15 is 0 Å². The Bertz CT molecular complexity index is 365. The Labute approximate surface area is 122 Å². The van der Waals surface area contributed by atoms with Crippen LogP contribution in [0.3, 0.4) is 0 Å². The van der Waals surface area contributed by atoms with Gasteiger partial charge in [-0.3, -0.25) is 0 Å². The van der Waals surface area contributed by atoms with Gasteiger partial charge in [0.25, 0.3) is 0 Å². The fourth-order valence-electron chi connectivity index (χ4n) is 1.25. The predicted molar refractivity (Wildman–Crippen MR) is 62.7 cm³/mol. The van der Waals surface area contributed by atoms with Crippen LogP contribution in [0.15, 0.2) is 11.6 Å². The van der Waals surface area contributed by atoms with Gasteiger partial charge in [-0.1, -0.05) is 0 Å². The fourth-order valence-corrected chi connectivity index (χ4v) is 1.51. The quantitative estimate of drug-likeness (QED) is 0.437. The molecule has 5 heteroatoms. The van der Waals surface area contributed by atoms with Crippen molar-refractivity contribution in [3.05, 3.63) is 31.6 Å². The zero-order valence-corrected chi connectivity index (χ0v) is 11.9. The monoisotopic (exact) mass is 298 g/mol. The molecule has 0 spiro atoms. The van der Waals surface area contributed by atoms with E-state index in [1.54, 1.807) is 0 Å². The normalized spacial score (nSPS) is 11.0. The standard InChI is InChI=1S/C11H14O.3CO.Cr/c1-2-12-10-6-9-11-7-4-3-5-8-11;3*1-2;/h7H,2-5,8H2,1H3;;;;. The molecule has 1 rings (SSSR count). The van der Waals surface area contributed by atoms with Crippen molar-refractivity contribution in [3.63, 3.8) is 0 Å². The summed E-state index contributed by atoms with van der Waals surface area (Å²) >= 11 is 2.81. The summed E-state index contributed by atoms with van der Waals surface area (Å²) in [5.74, 6) is 6.10. The fraction of sp³-hybridized carbons (Fsp3) is 0.429. The molecular weight excluding hydrogens is 284 g/mol. The van der Waals surface area contributed by atoms with Crippen LogP contribution in [-0.2, 0) is 34.5 Å². The Hall–Kier alpha value is -1.12. The van der Waals surface area contributed by atoms with E-state index in [1.165, 1.54) is 24.8 Å². The molecule has 0 amide bonds. The van der Waals surface area contributed by atoms with Crippen molar-refractivity contribution in [1.82, 2.24) is 0 Å². The van der Waals surface area contributed by atoms with Crippen LogP contribution in [-0.4, -0.2) is 11.2 Å². The van der Waals surface area contributed by atoms with Gasteiger partial charge < -0.3 is 0 Å². The van der Waals surface area contributed by atoms with Gasteiger partial charge in [0, 0.05) is 0 Å². The van der Waals surface area contributed by atoms with Crippen LogP contribution >= 0.6 is 0 Å². The molecule has 0 N–H and O–H groups in total. The van der Waals surface area contributed by atoms with Crippen molar-refractivity contribution in [1.29, 1.82) is 0 Å². The summed E-state index contributed by atoms with van der Waals surface area (Å²) in [7, 11) is 0. The van der Waals surface area contributed by atoms with E-state index in [0.717, 1.165) is 6.42 Å². The first-order chi connectivity index (χ1) is 9.33. The molecule has 0 unspecified atom stereocenters. The third-order valence-electron chi connectivity index (χ3n) is 1.89. The first kappa shape index (κ1) is 23.0. The summed E-state index contributed by atoms with van der Waals surface area (Å²) in [6.07, 6.45) is 7.13. The van der Waals surface area contributed by atoms with Gasteiger partial charge in [0.2, 0.25) is 0 Å². The second-order valence-electron chi connectivity index (χ2n) is 2.95. The average molecular weight is 298 g/mol. The zero-order chi connectivity index (χ0) is 15.5. The van der Waals surface area contributed by atoms with E-state index in [9.17, 15) is 0 Å². The van der Waals surface area contributed by atoms with Gasteiger partial charge in [0.05, 0.1) is 0 Å². The molecular formula is C14H14CrO4. The molecule has 0 heterocycles. The zero-order valence-electron chi connectivity index (χ0n) is 10.7. The van der Waals surface area contributed by atoms with Gasteiger partial charge in [-0.05, 0) is 0 Å². The Morgan fingerprint density at radius 1 is 1.26 bits per heavy atom. The van der Waals surface area contributed by atoms with Crippen molar-refractivity contribution in [2.45, 2.75) is 32.6 Å². The molecule has 0 saturated heterocycles. The summed E-state index contributed by atoms with van der Waals surface area (Å²) < 4.78 is 28.4. The molecule has 0 aliphatic heterocycles. The molecule has 19 heavy (non-hydrogen) atoms. The van der Waals surface area contributed by atoms with E-state index in [4.69, 9.17) is 18.7 Å². The number of ether oxygens (including phenoxy) is 1. The summed E-state index contributed by atoms with van der Waals surface area (Å²) in [6, 6.07) is 0. The van der Waals surface area contributed by atoms with Crippen molar-refractivity contribution < 1.29 is 34.5 Å². The molecule has 0 saturated carbocycles. The molecule has 0 aromatic heterocycles. The Morgan fingerprint density at radius 2 is 1.84 bits per heavy atom. The van der Waals surface area contributed by atoms with Crippen molar-refractivity contribution in [2.75, 3.05) is 6.61 Å². The number of rotatable bonds is 2. The number of allylic oxidation sites excluding steroid dienone is 2. The van der Waals surface area contributed by atoms with Gasteiger partial charge in [0.1, 0.15) is 0 Å². The Balaban J connectivity index is -0.000000375. The van der Waals surface area contributed by atoms with Crippen LogP contribution in [0.2, 0.25) is 0 Å². The maximum atomic E-state index is 7.50. The minimum absolute atomic E-state index is 0.677. The second kappa shape index (κ2) is 22.1. The van der Waals surface area contributed by atoms with Crippen molar-refractivity contribution in [2.24, 2.45) is 0 Å². The van der Waals surface area contributed by atoms with E-state index in [0.29, 0.717) is 11.2 Å². The molecule has 0 atom stereocenters. The van der Waals surface area contributed by atoms with Gasteiger partial charge in [-0.25, -0.2) is 0 Å².